The van der Waals surface area contributed by atoms with Gasteiger partial charge < -0.3 is 14.3 Å². The van der Waals surface area contributed by atoms with E-state index in [0.29, 0.717) is 24.3 Å². The van der Waals surface area contributed by atoms with Crippen LogP contribution in [0.5, 0.6) is 11.5 Å². The third-order valence-corrected chi connectivity index (χ3v) is 7.19. The smallest absolute Gasteiger partial charge is 0.240 e. The minimum atomic E-state index is -3.74. The lowest BCUT2D eigenvalue weighted by Crippen LogP contribution is -2.53. The molecule has 0 saturated heterocycles. The summed E-state index contributed by atoms with van der Waals surface area (Å²) in [6.07, 6.45) is 3.79. The van der Waals surface area contributed by atoms with Crippen LogP contribution in [0.3, 0.4) is 0 Å². The second-order valence-corrected chi connectivity index (χ2v) is 9.17. The van der Waals surface area contributed by atoms with Gasteiger partial charge in [0.05, 0.1) is 10.3 Å². The number of aldehydes is 1. The molecule has 2 aromatic carbocycles. The van der Waals surface area contributed by atoms with E-state index in [9.17, 15) is 13.2 Å². The van der Waals surface area contributed by atoms with Crippen LogP contribution in [0.25, 0.3) is 0 Å². The number of hydrogen-bond donors (Lipinski definition) is 1. The summed E-state index contributed by atoms with van der Waals surface area (Å²) in [7, 11) is -3.74. The Morgan fingerprint density at radius 1 is 1.07 bits per heavy atom. The second-order valence-electron chi connectivity index (χ2n) is 7.46. The Balaban J connectivity index is 1.70. The molecule has 1 N–H and O–H groups in total. The molecule has 0 unspecified atom stereocenters. The van der Waals surface area contributed by atoms with E-state index in [-0.39, 0.29) is 11.7 Å². The average molecular weight is 401 g/mol. The molecule has 0 aromatic heterocycles. The van der Waals surface area contributed by atoms with Gasteiger partial charge in [-0.25, -0.2) is 13.1 Å². The molecule has 4 rings (SSSR count). The maximum Gasteiger partial charge on any atom is 0.240 e. The van der Waals surface area contributed by atoms with Gasteiger partial charge in [-0.3, -0.25) is 0 Å². The fourth-order valence-electron chi connectivity index (χ4n) is 4.08. The Labute approximate surface area is 164 Å². The largest absolute Gasteiger partial charge is 0.454 e. The first-order valence-electron chi connectivity index (χ1n) is 9.40. The fourth-order valence-corrected chi connectivity index (χ4v) is 5.41. The Bertz CT molecular complexity index is 986. The zero-order valence-corrected chi connectivity index (χ0v) is 16.5. The van der Waals surface area contributed by atoms with Gasteiger partial charge in [0.1, 0.15) is 6.29 Å². The lowest BCUT2D eigenvalue weighted by atomic mass is 9.67. The summed E-state index contributed by atoms with van der Waals surface area (Å²) in [6.45, 7) is 2.05. The SMILES string of the molecule is Cc1ccc(S(=O)(=O)N[C@H]2CCCC[C@]2(C=O)c2ccc3c(c2)OCO3)cc1. The second kappa shape index (κ2) is 7.22. The van der Waals surface area contributed by atoms with Crippen LogP contribution >= 0.6 is 0 Å². The van der Waals surface area contributed by atoms with Crippen LogP contribution in [-0.4, -0.2) is 27.5 Å². The summed E-state index contributed by atoms with van der Waals surface area (Å²) < 4.78 is 39.6. The highest BCUT2D eigenvalue weighted by molar-refractivity contribution is 7.89. The molecule has 7 heteroatoms. The van der Waals surface area contributed by atoms with Gasteiger partial charge >= 0.3 is 0 Å². The van der Waals surface area contributed by atoms with Gasteiger partial charge in [-0.05, 0) is 49.6 Å². The fraction of sp³-hybridized carbons (Fsp3) is 0.381. The topological polar surface area (TPSA) is 81.7 Å². The Morgan fingerprint density at radius 3 is 2.57 bits per heavy atom. The standard InChI is InChI=1S/C21H23NO5S/c1-15-5-8-17(9-6-15)28(24,25)22-20-4-2-3-11-21(20,13-23)16-7-10-18-19(12-16)27-14-26-18/h5-10,12-13,20,22H,2-4,11,14H2,1H3/t20-,21-/m0/s1. The van der Waals surface area contributed by atoms with E-state index in [0.717, 1.165) is 30.3 Å². The van der Waals surface area contributed by atoms with E-state index in [1.54, 1.807) is 36.4 Å². The molecule has 0 radical (unpaired) electrons. The number of aryl methyl sites for hydroxylation is 1. The molecule has 1 fully saturated rings. The number of nitrogens with one attached hydrogen (secondary N) is 1. The minimum Gasteiger partial charge on any atom is -0.454 e. The number of sulfonamides is 1. The average Bonchev–Trinajstić information content (AvgIpc) is 3.16. The highest BCUT2D eigenvalue weighted by atomic mass is 32.2. The van der Waals surface area contributed by atoms with E-state index in [1.165, 1.54) is 0 Å². The molecule has 1 saturated carbocycles. The number of benzene rings is 2. The number of fused-ring (bicyclic) bond motifs is 1. The van der Waals surface area contributed by atoms with Crippen molar-refractivity contribution in [1.29, 1.82) is 0 Å². The molecular formula is C21H23NO5S. The summed E-state index contributed by atoms with van der Waals surface area (Å²) in [6, 6.07) is 11.6. The van der Waals surface area contributed by atoms with Crippen molar-refractivity contribution in [2.75, 3.05) is 6.79 Å². The van der Waals surface area contributed by atoms with Crippen molar-refractivity contribution in [2.24, 2.45) is 0 Å². The number of rotatable bonds is 5. The normalized spacial score (nSPS) is 24.1. The molecule has 1 heterocycles. The molecule has 2 atom stereocenters. The van der Waals surface area contributed by atoms with Gasteiger partial charge in [-0.1, -0.05) is 36.6 Å². The lowest BCUT2D eigenvalue weighted by molar-refractivity contribution is -0.114. The van der Waals surface area contributed by atoms with Gasteiger partial charge in [0.15, 0.2) is 11.5 Å². The molecule has 148 valence electrons. The summed E-state index contributed by atoms with van der Waals surface area (Å²) in [5.41, 5.74) is 0.805. The van der Waals surface area contributed by atoms with Crippen LogP contribution in [0.4, 0.5) is 0 Å². The van der Waals surface area contributed by atoms with E-state index in [1.807, 2.05) is 13.0 Å². The van der Waals surface area contributed by atoms with Crippen LogP contribution in [0.2, 0.25) is 0 Å². The first-order valence-corrected chi connectivity index (χ1v) is 10.9. The van der Waals surface area contributed by atoms with E-state index >= 15 is 0 Å². The maximum atomic E-state index is 13.0. The summed E-state index contributed by atoms with van der Waals surface area (Å²) >= 11 is 0. The van der Waals surface area contributed by atoms with Crippen molar-refractivity contribution < 1.29 is 22.7 Å². The molecular weight excluding hydrogens is 378 g/mol. The van der Waals surface area contributed by atoms with Crippen LogP contribution in [0.1, 0.15) is 36.8 Å². The molecule has 2 aliphatic rings. The number of carbonyl (C=O) groups excluding carboxylic acids is 1. The quantitative estimate of drug-likeness (QED) is 0.779. The first-order chi connectivity index (χ1) is 13.4. The predicted molar refractivity (Wildman–Crippen MR) is 104 cm³/mol. The number of hydrogen-bond acceptors (Lipinski definition) is 5. The van der Waals surface area contributed by atoms with Gasteiger partial charge in [0.25, 0.3) is 0 Å². The zero-order valence-electron chi connectivity index (χ0n) is 15.7. The molecule has 0 bridgehead atoms. The van der Waals surface area contributed by atoms with Crippen LogP contribution in [0, 0.1) is 6.92 Å². The summed E-state index contributed by atoms with van der Waals surface area (Å²) in [5, 5.41) is 0. The first kappa shape index (κ1) is 19.0. The van der Waals surface area contributed by atoms with Gasteiger partial charge in [0.2, 0.25) is 16.8 Å². The van der Waals surface area contributed by atoms with Crippen molar-refractivity contribution in [3.8, 4) is 11.5 Å². The Kier molecular flexibility index (Phi) is 4.89. The summed E-state index contributed by atoms with van der Waals surface area (Å²) in [5.74, 6) is 1.22. The molecule has 28 heavy (non-hydrogen) atoms. The Morgan fingerprint density at radius 2 is 1.82 bits per heavy atom. The van der Waals surface area contributed by atoms with E-state index < -0.39 is 21.5 Å². The van der Waals surface area contributed by atoms with Gasteiger partial charge in [0, 0.05) is 6.04 Å². The number of carbonyl (C=O) groups is 1. The number of ether oxygens (including phenoxy) is 2. The van der Waals surface area contributed by atoms with Crippen molar-refractivity contribution in [3.05, 3.63) is 53.6 Å². The molecule has 2 aromatic rings. The highest BCUT2D eigenvalue weighted by Gasteiger charge is 2.44. The van der Waals surface area contributed by atoms with E-state index in [2.05, 4.69) is 4.72 Å². The summed E-state index contributed by atoms with van der Waals surface area (Å²) in [4.78, 5) is 12.6. The predicted octanol–water partition coefficient (Wildman–Crippen LogP) is 3.08. The van der Waals surface area contributed by atoms with Crippen molar-refractivity contribution in [2.45, 2.75) is 49.0 Å². The van der Waals surface area contributed by atoms with Crippen molar-refractivity contribution in [3.63, 3.8) is 0 Å². The molecule has 6 nitrogen and oxygen atoms in total. The zero-order chi connectivity index (χ0) is 19.8. The van der Waals surface area contributed by atoms with Crippen LogP contribution in [-0.2, 0) is 20.2 Å². The highest BCUT2D eigenvalue weighted by Crippen LogP contribution is 2.43. The van der Waals surface area contributed by atoms with Crippen LogP contribution in [0.15, 0.2) is 47.4 Å². The van der Waals surface area contributed by atoms with E-state index in [4.69, 9.17) is 9.47 Å². The van der Waals surface area contributed by atoms with Gasteiger partial charge in [-0.15, -0.1) is 0 Å². The van der Waals surface area contributed by atoms with Crippen molar-refractivity contribution in [1.82, 2.24) is 4.72 Å². The van der Waals surface area contributed by atoms with Crippen LogP contribution < -0.4 is 14.2 Å². The molecule has 0 spiro atoms. The maximum absolute atomic E-state index is 13.0. The van der Waals surface area contributed by atoms with Crippen molar-refractivity contribution >= 4 is 16.3 Å². The Hall–Kier alpha value is -2.38. The third kappa shape index (κ3) is 3.29. The lowest BCUT2D eigenvalue weighted by Gasteiger charge is -2.40. The molecule has 1 aliphatic carbocycles. The molecule has 1 aliphatic heterocycles. The van der Waals surface area contributed by atoms with Gasteiger partial charge in [-0.2, -0.15) is 0 Å². The minimum absolute atomic E-state index is 0.149. The third-order valence-electron chi connectivity index (χ3n) is 5.70. The molecule has 0 amide bonds. The monoisotopic (exact) mass is 401 g/mol.